The maximum Gasteiger partial charge on any atom is 0.241 e. The zero-order valence-electron chi connectivity index (χ0n) is 17.5. The summed E-state index contributed by atoms with van der Waals surface area (Å²) in [4.78, 5) is 14.9. The molecule has 0 aromatic heterocycles. The fourth-order valence-corrected chi connectivity index (χ4v) is 3.17. The number of amides is 1. The van der Waals surface area contributed by atoms with E-state index >= 15 is 0 Å². The van der Waals surface area contributed by atoms with Gasteiger partial charge in [-0.15, -0.1) is 0 Å². The van der Waals surface area contributed by atoms with Gasteiger partial charge in [-0.2, -0.15) is 0 Å². The molecule has 3 rings (SSSR count). The van der Waals surface area contributed by atoms with Crippen LogP contribution in [0.3, 0.4) is 0 Å². The number of carbonyl (C=O) groups is 1. The minimum absolute atomic E-state index is 0.0354. The lowest BCUT2D eigenvalue weighted by Crippen LogP contribution is -2.39. The van der Waals surface area contributed by atoms with Crippen LogP contribution in [0.1, 0.15) is 12.5 Å². The Morgan fingerprint density at radius 3 is 2.40 bits per heavy atom. The summed E-state index contributed by atoms with van der Waals surface area (Å²) in [5.41, 5.74) is 4.02. The smallest absolute Gasteiger partial charge is 0.241 e. The molecule has 30 heavy (non-hydrogen) atoms. The van der Waals surface area contributed by atoms with Gasteiger partial charge in [-0.1, -0.05) is 73.3 Å². The molecule has 1 N–H and O–H groups in total. The molecule has 1 atom stereocenters. The van der Waals surface area contributed by atoms with Crippen LogP contribution in [0.15, 0.2) is 91.5 Å². The molecule has 0 heterocycles. The number of nitrogens with zero attached hydrogens (tertiary/aromatic N) is 1. The number of ether oxygens (including phenoxy) is 1. The van der Waals surface area contributed by atoms with Crippen molar-refractivity contribution in [3.63, 3.8) is 0 Å². The van der Waals surface area contributed by atoms with Crippen LogP contribution in [-0.2, 0) is 11.3 Å². The molecule has 4 heteroatoms. The maximum atomic E-state index is 12.9. The Bertz CT molecular complexity index is 968. The Balaban J connectivity index is 1.64. The minimum atomic E-state index is -0.287. The summed E-state index contributed by atoms with van der Waals surface area (Å²) < 4.78 is 5.52. The molecule has 0 spiro atoms. The van der Waals surface area contributed by atoms with Gasteiger partial charge >= 0.3 is 0 Å². The molecule has 0 aliphatic carbocycles. The van der Waals surface area contributed by atoms with E-state index in [1.165, 1.54) is 0 Å². The molecule has 4 nitrogen and oxygen atoms in total. The quantitative estimate of drug-likeness (QED) is 0.491. The van der Waals surface area contributed by atoms with Crippen molar-refractivity contribution in [2.75, 3.05) is 19.0 Å². The Morgan fingerprint density at radius 1 is 1.03 bits per heavy atom. The summed E-state index contributed by atoms with van der Waals surface area (Å²) in [5, 5.41) is 3.10. The van der Waals surface area contributed by atoms with Crippen LogP contribution in [-0.4, -0.2) is 30.5 Å². The third-order valence-electron chi connectivity index (χ3n) is 5.03. The molecule has 0 aliphatic rings. The molecule has 3 aromatic rings. The second-order valence-corrected chi connectivity index (χ2v) is 7.24. The Kier molecular flexibility index (Phi) is 7.41. The topological polar surface area (TPSA) is 41.6 Å². The fraction of sp³-hybridized carbons (Fsp3) is 0.192. The van der Waals surface area contributed by atoms with Crippen LogP contribution < -0.4 is 10.1 Å². The number of hydrogen-bond donors (Lipinski definition) is 1. The summed E-state index contributed by atoms with van der Waals surface area (Å²) in [7, 11) is 1.95. The third kappa shape index (κ3) is 5.58. The molecule has 0 saturated carbocycles. The lowest BCUT2D eigenvalue weighted by molar-refractivity contribution is -0.120. The van der Waals surface area contributed by atoms with Crippen LogP contribution in [0.5, 0.6) is 5.75 Å². The highest BCUT2D eigenvalue weighted by molar-refractivity contribution is 5.98. The van der Waals surface area contributed by atoms with Gasteiger partial charge in [0.2, 0.25) is 5.91 Å². The number of nitrogens with one attached hydrogen (secondary N) is 1. The van der Waals surface area contributed by atoms with Crippen molar-refractivity contribution in [1.82, 2.24) is 4.90 Å². The molecule has 0 saturated heterocycles. The van der Waals surface area contributed by atoms with Crippen molar-refractivity contribution >= 4 is 11.6 Å². The highest BCUT2D eigenvalue weighted by atomic mass is 16.5. The minimum Gasteiger partial charge on any atom is -0.490 e. The summed E-state index contributed by atoms with van der Waals surface area (Å²) in [6.07, 6.45) is 1.72. The van der Waals surface area contributed by atoms with Gasteiger partial charge in [0.25, 0.3) is 0 Å². The summed E-state index contributed by atoms with van der Waals surface area (Å²) in [6, 6.07) is 25.6. The van der Waals surface area contributed by atoms with Gasteiger partial charge in [0, 0.05) is 17.8 Å². The SMILES string of the molecule is C=CCOc1ccc(CN(C)[C@@H](C)C(=O)Nc2ccccc2-c2ccccc2)cc1. The van der Waals surface area contributed by atoms with Crippen molar-refractivity contribution in [3.05, 3.63) is 97.1 Å². The summed E-state index contributed by atoms with van der Waals surface area (Å²) in [6.45, 7) is 6.72. The maximum absolute atomic E-state index is 12.9. The van der Waals surface area contributed by atoms with Gasteiger partial charge in [0.1, 0.15) is 12.4 Å². The van der Waals surface area contributed by atoms with Crippen molar-refractivity contribution in [2.45, 2.75) is 19.5 Å². The number of carbonyl (C=O) groups excluding carboxylic acids is 1. The Hall–Kier alpha value is -3.37. The molecule has 0 fully saturated rings. The number of hydrogen-bond acceptors (Lipinski definition) is 3. The summed E-state index contributed by atoms with van der Waals surface area (Å²) in [5.74, 6) is 0.774. The second-order valence-electron chi connectivity index (χ2n) is 7.24. The lowest BCUT2D eigenvalue weighted by Gasteiger charge is -2.24. The van der Waals surface area contributed by atoms with E-state index in [-0.39, 0.29) is 11.9 Å². The van der Waals surface area contributed by atoms with Gasteiger partial charge in [-0.25, -0.2) is 0 Å². The average Bonchev–Trinajstić information content (AvgIpc) is 2.79. The van der Waals surface area contributed by atoms with Crippen molar-refractivity contribution in [3.8, 4) is 16.9 Å². The molecule has 3 aromatic carbocycles. The van der Waals surface area contributed by atoms with E-state index in [0.29, 0.717) is 13.2 Å². The van der Waals surface area contributed by atoms with E-state index in [4.69, 9.17) is 4.74 Å². The largest absolute Gasteiger partial charge is 0.490 e. The zero-order chi connectivity index (χ0) is 21.3. The van der Waals surface area contributed by atoms with Gasteiger partial charge < -0.3 is 10.1 Å². The first kappa shape index (κ1) is 21.3. The molecular formula is C26H28N2O2. The Labute approximate surface area is 178 Å². The zero-order valence-corrected chi connectivity index (χ0v) is 17.5. The standard InChI is InChI=1S/C26H28N2O2/c1-4-18-30-23-16-14-21(15-17-23)19-28(3)20(2)26(29)27-25-13-9-8-12-24(25)22-10-6-5-7-11-22/h4-17,20H,1,18-19H2,2-3H3,(H,27,29)/t20-/m0/s1. The van der Waals surface area contributed by atoms with E-state index in [1.807, 2.05) is 97.7 Å². The second kappa shape index (κ2) is 10.4. The number of likely N-dealkylation sites (N-methyl/N-ethyl adjacent to an activating group) is 1. The third-order valence-corrected chi connectivity index (χ3v) is 5.03. The van der Waals surface area contributed by atoms with E-state index in [1.54, 1.807) is 6.08 Å². The van der Waals surface area contributed by atoms with Crippen molar-refractivity contribution in [2.24, 2.45) is 0 Å². The van der Waals surface area contributed by atoms with Crippen LogP contribution in [0.2, 0.25) is 0 Å². The predicted molar refractivity (Wildman–Crippen MR) is 124 cm³/mol. The number of anilines is 1. The molecule has 0 radical (unpaired) electrons. The predicted octanol–water partition coefficient (Wildman–Crippen LogP) is 5.38. The highest BCUT2D eigenvalue weighted by Gasteiger charge is 2.19. The van der Waals surface area contributed by atoms with E-state index in [0.717, 1.165) is 28.1 Å². The number of para-hydroxylation sites is 1. The first-order valence-electron chi connectivity index (χ1n) is 10.1. The molecule has 0 unspecified atom stereocenters. The number of rotatable bonds is 9. The van der Waals surface area contributed by atoms with E-state index < -0.39 is 0 Å². The van der Waals surface area contributed by atoms with Gasteiger partial charge in [-0.3, -0.25) is 9.69 Å². The van der Waals surface area contributed by atoms with Gasteiger partial charge in [-0.05, 0) is 43.3 Å². The number of benzene rings is 3. The fourth-order valence-electron chi connectivity index (χ4n) is 3.17. The van der Waals surface area contributed by atoms with Gasteiger partial charge in [0.05, 0.1) is 6.04 Å². The lowest BCUT2D eigenvalue weighted by atomic mass is 10.0. The normalized spacial score (nSPS) is 11.7. The van der Waals surface area contributed by atoms with Crippen LogP contribution in [0.4, 0.5) is 5.69 Å². The molecular weight excluding hydrogens is 372 g/mol. The Morgan fingerprint density at radius 2 is 1.70 bits per heavy atom. The van der Waals surface area contributed by atoms with Crippen LogP contribution in [0.25, 0.3) is 11.1 Å². The van der Waals surface area contributed by atoms with Crippen molar-refractivity contribution in [1.29, 1.82) is 0 Å². The summed E-state index contributed by atoms with van der Waals surface area (Å²) >= 11 is 0. The van der Waals surface area contributed by atoms with Gasteiger partial charge in [0.15, 0.2) is 0 Å². The average molecular weight is 401 g/mol. The highest BCUT2D eigenvalue weighted by Crippen LogP contribution is 2.27. The van der Waals surface area contributed by atoms with Crippen molar-refractivity contribution < 1.29 is 9.53 Å². The van der Waals surface area contributed by atoms with E-state index in [9.17, 15) is 4.79 Å². The monoisotopic (exact) mass is 400 g/mol. The van der Waals surface area contributed by atoms with E-state index in [2.05, 4.69) is 11.9 Å². The molecule has 0 aliphatic heterocycles. The first-order chi connectivity index (χ1) is 14.6. The molecule has 154 valence electrons. The molecule has 1 amide bonds. The van der Waals surface area contributed by atoms with Crippen LogP contribution in [0, 0.1) is 0 Å². The molecule has 0 bridgehead atoms. The van der Waals surface area contributed by atoms with Crippen LogP contribution >= 0.6 is 0 Å². The first-order valence-corrected chi connectivity index (χ1v) is 10.1.